The molecule has 3 heteroatoms. The number of benzene rings is 2. The lowest BCUT2D eigenvalue weighted by Crippen LogP contribution is -2.17. The number of methoxy groups -OCH3 is 1. The minimum absolute atomic E-state index is 0.360. The van der Waals surface area contributed by atoms with Gasteiger partial charge in [-0.15, -0.1) is 0 Å². The van der Waals surface area contributed by atoms with Gasteiger partial charge in [-0.2, -0.15) is 0 Å². The van der Waals surface area contributed by atoms with Crippen molar-refractivity contribution >= 4 is 0 Å². The second-order valence-corrected chi connectivity index (χ2v) is 4.95. The monoisotopic (exact) mass is 285 g/mol. The van der Waals surface area contributed by atoms with Crippen LogP contribution in [0.3, 0.4) is 0 Å². The second-order valence-electron chi connectivity index (χ2n) is 4.95. The van der Waals surface area contributed by atoms with Gasteiger partial charge in [0.25, 0.3) is 0 Å². The fraction of sp³-hybridized carbons (Fsp3) is 0.333. The van der Waals surface area contributed by atoms with Gasteiger partial charge in [-0.1, -0.05) is 37.3 Å². The first-order chi connectivity index (χ1) is 10.2. The van der Waals surface area contributed by atoms with E-state index in [1.807, 2.05) is 36.4 Å². The molecule has 0 spiro atoms. The Morgan fingerprint density at radius 2 is 1.76 bits per heavy atom. The molecule has 0 aliphatic carbocycles. The van der Waals surface area contributed by atoms with E-state index in [9.17, 15) is 0 Å². The van der Waals surface area contributed by atoms with Crippen LogP contribution in [0.25, 0.3) is 0 Å². The average molecular weight is 285 g/mol. The molecule has 0 aliphatic rings. The summed E-state index contributed by atoms with van der Waals surface area (Å²) < 4.78 is 11.2. The van der Waals surface area contributed by atoms with E-state index in [2.05, 4.69) is 31.3 Å². The van der Waals surface area contributed by atoms with Gasteiger partial charge in [-0.05, 0) is 37.2 Å². The fourth-order valence-electron chi connectivity index (χ4n) is 2.26. The minimum Gasteiger partial charge on any atom is -0.496 e. The van der Waals surface area contributed by atoms with Crippen LogP contribution in [0.5, 0.6) is 11.5 Å². The molecule has 0 radical (unpaired) electrons. The average Bonchev–Trinajstić information content (AvgIpc) is 2.54. The third-order valence-electron chi connectivity index (χ3n) is 3.48. The van der Waals surface area contributed by atoms with Crippen LogP contribution < -0.4 is 14.8 Å². The van der Waals surface area contributed by atoms with Gasteiger partial charge in [0.1, 0.15) is 18.1 Å². The van der Waals surface area contributed by atoms with Crippen molar-refractivity contribution in [2.45, 2.75) is 26.5 Å². The summed E-state index contributed by atoms with van der Waals surface area (Å²) in [4.78, 5) is 0. The molecule has 1 unspecified atom stereocenters. The number of hydrogen-bond acceptors (Lipinski definition) is 3. The number of hydrogen-bond donors (Lipinski definition) is 1. The fourth-order valence-corrected chi connectivity index (χ4v) is 2.26. The topological polar surface area (TPSA) is 30.5 Å². The van der Waals surface area contributed by atoms with Crippen LogP contribution in [0.15, 0.2) is 48.5 Å². The Morgan fingerprint density at radius 1 is 1.05 bits per heavy atom. The van der Waals surface area contributed by atoms with Gasteiger partial charge in [0.05, 0.1) is 7.11 Å². The maximum absolute atomic E-state index is 5.83. The molecular weight excluding hydrogens is 262 g/mol. The highest BCUT2D eigenvalue weighted by Crippen LogP contribution is 2.21. The zero-order valence-electron chi connectivity index (χ0n) is 12.9. The minimum atomic E-state index is 0.360. The molecule has 1 N–H and O–H groups in total. The van der Waals surface area contributed by atoms with Crippen LogP contribution in [-0.4, -0.2) is 13.7 Å². The van der Waals surface area contributed by atoms with Gasteiger partial charge in [0, 0.05) is 11.6 Å². The van der Waals surface area contributed by atoms with E-state index < -0.39 is 0 Å². The van der Waals surface area contributed by atoms with Crippen LogP contribution in [0, 0.1) is 0 Å². The Balaban J connectivity index is 1.97. The molecule has 0 saturated heterocycles. The molecule has 0 amide bonds. The number of rotatable bonds is 7. The molecule has 0 heterocycles. The molecule has 2 aromatic carbocycles. The van der Waals surface area contributed by atoms with Crippen LogP contribution in [0.2, 0.25) is 0 Å². The van der Waals surface area contributed by atoms with Gasteiger partial charge >= 0.3 is 0 Å². The molecular formula is C18H23NO2. The first-order valence-electron chi connectivity index (χ1n) is 7.32. The summed E-state index contributed by atoms with van der Waals surface area (Å²) in [5.41, 5.74) is 2.31. The summed E-state index contributed by atoms with van der Waals surface area (Å²) in [6, 6.07) is 16.5. The Morgan fingerprint density at radius 3 is 2.43 bits per heavy atom. The molecule has 0 aromatic heterocycles. The molecule has 0 aliphatic heterocycles. The van der Waals surface area contributed by atoms with Crippen LogP contribution in [0.4, 0.5) is 0 Å². The van der Waals surface area contributed by atoms with E-state index in [0.717, 1.165) is 23.6 Å². The van der Waals surface area contributed by atoms with E-state index in [-0.39, 0.29) is 0 Å². The lowest BCUT2D eigenvalue weighted by atomic mass is 10.1. The molecule has 2 aromatic rings. The summed E-state index contributed by atoms with van der Waals surface area (Å²) in [5.74, 6) is 1.73. The van der Waals surface area contributed by atoms with Crippen LogP contribution >= 0.6 is 0 Å². The zero-order valence-corrected chi connectivity index (χ0v) is 12.9. The third kappa shape index (κ3) is 4.23. The highest BCUT2D eigenvalue weighted by molar-refractivity contribution is 5.34. The summed E-state index contributed by atoms with van der Waals surface area (Å²) in [6.45, 7) is 5.74. The van der Waals surface area contributed by atoms with E-state index in [1.165, 1.54) is 5.56 Å². The quantitative estimate of drug-likeness (QED) is 0.835. The third-order valence-corrected chi connectivity index (χ3v) is 3.48. The van der Waals surface area contributed by atoms with Crippen molar-refractivity contribution in [3.63, 3.8) is 0 Å². The normalized spacial score (nSPS) is 12.0. The molecule has 0 fully saturated rings. The Bertz CT molecular complexity index is 551. The van der Waals surface area contributed by atoms with Gasteiger partial charge in [0.2, 0.25) is 0 Å². The molecule has 0 bridgehead atoms. The molecule has 2 rings (SSSR count). The molecule has 0 saturated carbocycles. The predicted molar refractivity (Wildman–Crippen MR) is 85.9 cm³/mol. The maximum atomic E-state index is 5.83. The van der Waals surface area contributed by atoms with E-state index in [1.54, 1.807) is 7.11 Å². The smallest absolute Gasteiger partial charge is 0.125 e. The Labute approximate surface area is 126 Å². The summed E-state index contributed by atoms with van der Waals surface area (Å²) in [7, 11) is 1.68. The SMILES string of the molecule is CCNC(C)c1ccc(OCc2ccccc2OC)cc1. The highest BCUT2D eigenvalue weighted by Gasteiger charge is 2.05. The lowest BCUT2D eigenvalue weighted by molar-refractivity contribution is 0.296. The lowest BCUT2D eigenvalue weighted by Gasteiger charge is -2.14. The molecule has 21 heavy (non-hydrogen) atoms. The molecule has 1 atom stereocenters. The van der Waals surface area contributed by atoms with Crippen molar-refractivity contribution < 1.29 is 9.47 Å². The Hall–Kier alpha value is -2.00. The summed E-state index contributed by atoms with van der Waals surface area (Å²) in [5, 5.41) is 3.40. The van der Waals surface area contributed by atoms with Gasteiger partial charge in [-0.25, -0.2) is 0 Å². The summed E-state index contributed by atoms with van der Waals surface area (Å²) in [6.07, 6.45) is 0. The van der Waals surface area contributed by atoms with E-state index in [0.29, 0.717) is 12.6 Å². The van der Waals surface area contributed by atoms with Crippen LogP contribution in [0.1, 0.15) is 31.0 Å². The predicted octanol–water partition coefficient (Wildman–Crippen LogP) is 3.94. The Kier molecular flexibility index (Phi) is 5.64. The van der Waals surface area contributed by atoms with Gasteiger partial charge in [0.15, 0.2) is 0 Å². The molecule has 3 nitrogen and oxygen atoms in total. The number of nitrogens with one attached hydrogen (secondary N) is 1. The van der Waals surface area contributed by atoms with E-state index in [4.69, 9.17) is 9.47 Å². The van der Waals surface area contributed by atoms with Crippen molar-refractivity contribution in [1.29, 1.82) is 0 Å². The number of para-hydroxylation sites is 1. The van der Waals surface area contributed by atoms with Gasteiger partial charge in [-0.3, -0.25) is 0 Å². The second kappa shape index (κ2) is 7.70. The van der Waals surface area contributed by atoms with Crippen molar-refractivity contribution in [1.82, 2.24) is 5.32 Å². The van der Waals surface area contributed by atoms with Crippen molar-refractivity contribution in [2.24, 2.45) is 0 Å². The summed E-state index contributed by atoms with van der Waals surface area (Å²) >= 11 is 0. The van der Waals surface area contributed by atoms with Crippen LogP contribution in [-0.2, 0) is 6.61 Å². The van der Waals surface area contributed by atoms with Gasteiger partial charge < -0.3 is 14.8 Å². The first kappa shape index (κ1) is 15.4. The number of ether oxygens (including phenoxy) is 2. The zero-order chi connectivity index (χ0) is 15.1. The van der Waals surface area contributed by atoms with Crippen molar-refractivity contribution in [2.75, 3.05) is 13.7 Å². The highest BCUT2D eigenvalue weighted by atomic mass is 16.5. The van der Waals surface area contributed by atoms with Crippen molar-refractivity contribution in [3.05, 3.63) is 59.7 Å². The largest absolute Gasteiger partial charge is 0.496 e. The maximum Gasteiger partial charge on any atom is 0.125 e. The molecule has 112 valence electrons. The van der Waals surface area contributed by atoms with Crippen molar-refractivity contribution in [3.8, 4) is 11.5 Å². The standard InChI is InChI=1S/C18H23NO2/c1-4-19-14(2)15-9-11-17(12-10-15)21-13-16-7-5-6-8-18(16)20-3/h5-12,14,19H,4,13H2,1-3H3. The first-order valence-corrected chi connectivity index (χ1v) is 7.32. The van der Waals surface area contributed by atoms with E-state index >= 15 is 0 Å².